The molecule has 0 bridgehead atoms. The first-order chi connectivity index (χ1) is 18.3. The molecule has 39 heavy (non-hydrogen) atoms. The SMILES string of the molecule is CCN(C[C@H]1COC(N)=N1)c1ccc(C(F)(F)F)cc1.CN(C[C@H]1COC(N)=N1)c1ccc(C(F)(F)F)cc1. The smallest absolute Gasteiger partial charge is 0.416 e. The molecule has 2 aliphatic rings. The first-order valence-corrected chi connectivity index (χ1v) is 12.0. The summed E-state index contributed by atoms with van der Waals surface area (Å²) in [5.74, 6) is 0. The second-order valence-corrected chi connectivity index (χ2v) is 8.87. The third-order valence-corrected chi connectivity index (χ3v) is 5.96. The summed E-state index contributed by atoms with van der Waals surface area (Å²) in [6.07, 6.45) is -8.62. The first kappa shape index (κ1) is 29.7. The van der Waals surface area contributed by atoms with Crippen LogP contribution in [-0.4, -0.2) is 64.0 Å². The maximum Gasteiger partial charge on any atom is 0.416 e. The van der Waals surface area contributed by atoms with E-state index in [0.29, 0.717) is 38.5 Å². The first-order valence-electron chi connectivity index (χ1n) is 12.0. The maximum atomic E-state index is 12.5. The summed E-state index contributed by atoms with van der Waals surface area (Å²) in [5, 5.41) is 0. The summed E-state index contributed by atoms with van der Waals surface area (Å²) in [4.78, 5) is 11.9. The fraction of sp³-hybridized carbons (Fsp3) is 0.440. The Balaban J connectivity index is 0.000000216. The van der Waals surface area contributed by atoms with Gasteiger partial charge in [0.2, 0.25) is 0 Å². The van der Waals surface area contributed by atoms with Gasteiger partial charge in [-0.3, -0.25) is 0 Å². The Kier molecular flexibility index (Phi) is 9.41. The van der Waals surface area contributed by atoms with Gasteiger partial charge in [0, 0.05) is 38.1 Å². The zero-order chi connectivity index (χ0) is 28.8. The molecule has 2 heterocycles. The van der Waals surface area contributed by atoms with Crippen LogP contribution in [0.25, 0.3) is 0 Å². The van der Waals surface area contributed by atoms with E-state index in [1.165, 1.54) is 24.3 Å². The van der Waals surface area contributed by atoms with Gasteiger partial charge in [0.15, 0.2) is 0 Å². The Morgan fingerprint density at radius 1 is 0.744 bits per heavy atom. The van der Waals surface area contributed by atoms with Gasteiger partial charge in [0.25, 0.3) is 12.0 Å². The van der Waals surface area contributed by atoms with Gasteiger partial charge in [-0.25, -0.2) is 9.98 Å². The summed E-state index contributed by atoms with van der Waals surface area (Å²) in [6.45, 7) is 4.49. The highest BCUT2D eigenvalue weighted by Crippen LogP contribution is 2.31. The van der Waals surface area contributed by atoms with Crippen molar-refractivity contribution in [2.24, 2.45) is 21.5 Å². The molecule has 0 unspecified atom stereocenters. The Labute approximate surface area is 221 Å². The number of amidine groups is 2. The predicted octanol–water partition coefficient (Wildman–Crippen LogP) is 4.10. The van der Waals surface area contributed by atoms with Crippen molar-refractivity contribution in [1.29, 1.82) is 0 Å². The Morgan fingerprint density at radius 3 is 1.51 bits per heavy atom. The van der Waals surface area contributed by atoms with E-state index in [0.717, 1.165) is 30.0 Å². The number of anilines is 2. The summed E-state index contributed by atoms with van der Waals surface area (Å²) in [7, 11) is 1.78. The number of likely N-dealkylation sites (N-methyl/N-ethyl adjacent to an activating group) is 2. The van der Waals surface area contributed by atoms with E-state index in [9.17, 15) is 26.3 Å². The molecule has 14 heteroatoms. The molecule has 8 nitrogen and oxygen atoms in total. The molecule has 0 aliphatic carbocycles. The minimum atomic E-state index is -4.31. The summed E-state index contributed by atoms with van der Waals surface area (Å²) in [6, 6.07) is 10.3. The van der Waals surface area contributed by atoms with Crippen molar-refractivity contribution in [3.05, 3.63) is 59.7 Å². The van der Waals surface area contributed by atoms with Crippen LogP contribution in [0.2, 0.25) is 0 Å². The standard InChI is InChI=1S/C13H16F3N3O.C12H14F3N3O/c1-2-19(7-10-8-20-12(17)18-10)11-5-3-9(4-6-11)13(14,15)16;1-18(6-9-7-19-11(16)17-9)10-4-2-8(3-5-10)12(13,14)15/h3-6,10H,2,7-8H2,1H3,(H2,17,18);2-5,9H,6-7H2,1H3,(H2,16,17)/t10-;9-/m00/s1. The number of ether oxygens (including phenoxy) is 2. The molecule has 2 aromatic carbocycles. The third-order valence-electron chi connectivity index (χ3n) is 5.96. The lowest BCUT2D eigenvalue weighted by Gasteiger charge is -2.25. The van der Waals surface area contributed by atoms with E-state index in [2.05, 4.69) is 9.98 Å². The molecule has 0 saturated heterocycles. The fourth-order valence-corrected chi connectivity index (χ4v) is 3.92. The second-order valence-electron chi connectivity index (χ2n) is 8.87. The van der Waals surface area contributed by atoms with Gasteiger partial charge in [-0.15, -0.1) is 0 Å². The number of alkyl halides is 6. The number of benzene rings is 2. The number of halogens is 6. The van der Waals surface area contributed by atoms with Gasteiger partial charge in [-0.05, 0) is 55.5 Å². The van der Waals surface area contributed by atoms with Gasteiger partial charge in [-0.2, -0.15) is 26.3 Å². The van der Waals surface area contributed by atoms with Crippen LogP contribution in [-0.2, 0) is 21.8 Å². The third kappa shape index (κ3) is 8.58. The Hall–Kier alpha value is -3.84. The van der Waals surface area contributed by atoms with Crippen LogP contribution in [0.15, 0.2) is 58.5 Å². The molecular formula is C25H30F6N6O2. The average molecular weight is 561 g/mol. The highest BCUT2D eigenvalue weighted by atomic mass is 19.4. The van der Waals surface area contributed by atoms with Crippen LogP contribution in [0.1, 0.15) is 18.1 Å². The van der Waals surface area contributed by atoms with E-state index >= 15 is 0 Å². The minimum absolute atomic E-state index is 0.0859. The lowest BCUT2D eigenvalue weighted by Crippen LogP contribution is -2.32. The number of rotatable bonds is 7. The maximum absolute atomic E-state index is 12.5. The molecule has 2 atom stereocenters. The van der Waals surface area contributed by atoms with Crippen LogP contribution < -0.4 is 21.3 Å². The highest BCUT2D eigenvalue weighted by Gasteiger charge is 2.31. The van der Waals surface area contributed by atoms with E-state index < -0.39 is 23.5 Å². The van der Waals surface area contributed by atoms with Gasteiger partial charge < -0.3 is 30.7 Å². The van der Waals surface area contributed by atoms with E-state index in [-0.39, 0.29) is 24.1 Å². The van der Waals surface area contributed by atoms with Crippen molar-refractivity contribution < 1.29 is 35.8 Å². The van der Waals surface area contributed by atoms with Crippen molar-refractivity contribution in [2.45, 2.75) is 31.4 Å². The van der Waals surface area contributed by atoms with Crippen LogP contribution in [0.3, 0.4) is 0 Å². The van der Waals surface area contributed by atoms with Gasteiger partial charge in [0.1, 0.15) is 25.3 Å². The average Bonchev–Trinajstić information content (AvgIpc) is 3.49. The lowest BCUT2D eigenvalue weighted by atomic mass is 10.1. The monoisotopic (exact) mass is 560 g/mol. The molecule has 0 fully saturated rings. The molecule has 2 aromatic rings. The van der Waals surface area contributed by atoms with Gasteiger partial charge in [-0.1, -0.05) is 0 Å². The van der Waals surface area contributed by atoms with Gasteiger partial charge >= 0.3 is 12.4 Å². The zero-order valence-corrected chi connectivity index (χ0v) is 21.3. The molecule has 0 saturated carbocycles. The quantitative estimate of drug-likeness (QED) is 0.495. The molecule has 0 aromatic heterocycles. The number of hydrogen-bond donors (Lipinski definition) is 2. The molecule has 2 aliphatic heterocycles. The minimum Gasteiger partial charge on any atom is -0.463 e. The topological polar surface area (TPSA) is 102 Å². The van der Waals surface area contributed by atoms with E-state index in [1.807, 2.05) is 16.7 Å². The molecule has 4 N–H and O–H groups in total. The van der Waals surface area contributed by atoms with Crippen molar-refractivity contribution in [3.63, 3.8) is 0 Å². The largest absolute Gasteiger partial charge is 0.463 e. The number of aliphatic imine (C=N–C) groups is 2. The molecule has 0 amide bonds. The van der Waals surface area contributed by atoms with Crippen LogP contribution in [0.5, 0.6) is 0 Å². The lowest BCUT2D eigenvalue weighted by molar-refractivity contribution is -0.138. The summed E-state index contributed by atoms with van der Waals surface area (Å²) in [5.41, 5.74) is 10.9. The summed E-state index contributed by atoms with van der Waals surface area (Å²) >= 11 is 0. The van der Waals surface area contributed by atoms with Crippen molar-refractivity contribution in [1.82, 2.24) is 0 Å². The number of hydrogen-bond acceptors (Lipinski definition) is 8. The van der Waals surface area contributed by atoms with E-state index in [4.69, 9.17) is 20.9 Å². The van der Waals surface area contributed by atoms with Gasteiger partial charge in [0.05, 0.1) is 11.1 Å². The second kappa shape index (κ2) is 12.3. The van der Waals surface area contributed by atoms with Crippen LogP contribution in [0.4, 0.5) is 37.7 Å². The Morgan fingerprint density at radius 2 is 1.15 bits per heavy atom. The number of nitrogens with two attached hydrogens (primary N) is 2. The van der Waals surface area contributed by atoms with Crippen molar-refractivity contribution in [3.8, 4) is 0 Å². The highest BCUT2D eigenvalue weighted by molar-refractivity contribution is 5.73. The number of nitrogens with zero attached hydrogens (tertiary/aromatic N) is 4. The van der Waals surface area contributed by atoms with E-state index in [1.54, 1.807) is 7.05 Å². The summed E-state index contributed by atoms with van der Waals surface area (Å²) < 4.78 is 84.9. The van der Waals surface area contributed by atoms with Crippen LogP contribution in [0, 0.1) is 0 Å². The molecule has 0 radical (unpaired) electrons. The Bertz CT molecular complexity index is 1140. The molecular weight excluding hydrogens is 530 g/mol. The zero-order valence-electron chi connectivity index (χ0n) is 21.3. The van der Waals surface area contributed by atoms with Crippen molar-refractivity contribution >= 4 is 23.4 Å². The van der Waals surface area contributed by atoms with Crippen molar-refractivity contribution in [2.75, 3.05) is 49.7 Å². The molecule has 0 spiro atoms. The van der Waals surface area contributed by atoms with Crippen LogP contribution >= 0.6 is 0 Å². The molecule has 4 rings (SSSR count). The normalized spacial score (nSPS) is 18.8. The fourth-order valence-electron chi connectivity index (χ4n) is 3.92. The predicted molar refractivity (Wildman–Crippen MR) is 137 cm³/mol. The molecule has 214 valence electrons.